The van der Waals surface area contributed by atoms with Crippen molar-refractivity contribution in [3.63, 3.8) is 0 Å². The zero-order valence-corrected chi connectivity index (χ0v) is 14.1. The number of nitrogens with one attached hydrogen (secondary N) is 1. The van der Waals surface area contributed by atoms with Gasteiger partial charge in [-0.2, -0.15) is 4.98 Å². The van der Waals surface area contributed by atoms with Crippen molar-refractivity contribution >= 4 is 5.91 Å². The number of likely N-dealkylation sites (tertiary alicyclic amines) is 1. The van der Waals surface area contributed by atoms with Crippen LogP contribution < -0.4 is 5.32 Å². The molecule has 3 aliphatic rings. The number of piperidine rings is 1. The molecule has 24 heavy (non-hydrogen) atoms. The first-order valence-electron chi connectivity index (χ1n) is 9.18. The number of carbonyl (C=O) groups is 1. The van der Waals surface area contributed by atoms with E-state index < -0.39 is 0 Å². The van der Waals surface area contributed by atoms with Gasteiger partial charge in [0.1, 0.15) is 0 Å². The van der Waals surface area contributed by atoms with Crippen LogP contribution in [0.3, 0.4) is 0 Å². The van der Waals surface area contributed by atoms with E-state index in [1.807, 2.05) is 0 Å². The van der Waals surface area contributed by atoms with Gasteiger partial charge in [0.15, 0.2) is 5.82 Å². The lowest BCUT2D eigenvalue weighted by molar-refractivity contribution is -0.122. The van der Waals surface area contributed by atoms with Crippen LogP contribution in [0.4, 0.5) is 0 Å². The quantitative estimate of drug-likeness (QED) is 0.844. The Morgan fingerprint density at radius 1 is 1.25 bits per heavy atom. The molecule has 1 N–H and O–H groups in total. The largest absolute Gasteiger partial charge is 0.381 e. The van der Waals surface area contributed by atoms with Crippen LogP contribution in [0.25, 0.3) is 0 Å². The van der Waals surface area contributed by atoms with E-state index in [0.29, 0.717) is 18.4 Å². The highest BCUT2D eigenvalue weighted by Crippen LogP contribution is 2.39. The van der Waals surface area contributed by atoms with Gasteiger partial charge in [-0.15, -0.1) is 0 Å². The highest BCUT2D eigenvalue weighted by Gasteiger charge is 2.32. The number of hydrogen-bond donors (Lipinski definition) is 1. The predicted octanol–water partition coefficient (Wildman–Crippen LogP) is 1.28. The number of ether oxygens (including phenoxy) is 1. The van der Waals surface area contributed by atoms with Crippen molar-refractivity contribution in [1.29, 1.82) is 0 Å². The van der Waals surface area contributed by atoms with Crippen LogP contribution in [0, 0.1) is 5.92 Å². The Bertz CT molecular complexity index is 566. The first-order valence-corrected chi connectivity index (χ1v) is 9.18. The van der Waals surface area contributed by atoms with Crippen LogP contribution in [0.2, 0.25) is 0 Å². The van der Waals surface area contributed by atoms with E-state index in [1.165, 1.54) is 12.8 Å². The Kier molecular flexibility index (Phi) is 4.80. The van der Waals surface area contributed by atoms with Crippen LogP contribution in [0.1, 0.15) is 55.7 Å². The van der Waals surface area contributed by atoms with E-state index in [2.05, 4.69) is 20.4 Å². The molecule has 3 heterocycles. The average Bonchev–Trinajstić information content (AvgIpc) is 3.12. The zero-order chi connectivity index (χ0) is 16.4. The number of rotatable bonds is 6. The molecule has 2 aliphatic heterocycles. The van der Waals surface area contributed by atoms with E-state index >= 15 is 0 Å². The molecule has 2 saturated heterocycles. The van der Waals surface area contributed by atoms with Gasteiger partial charge in [0.2, 0.25) is 11.8 Å². The van der Waals surface area contributed by atoms with Crippen molar-refractivity contribution in [3.05, 3.63) is 11.7 Å². The Balaban J connectivity index is 1.25. The third-order valence-corrected chi connectivity index (χ3v) is 5.23. The molecule has 1 aromatic rings. The third kappa shape index (κ3) is 3.95. The Labute approximate surface area is 142 Å². The topological polar surface area (TPSA) is 80.5 Å². The zero-order valence-electron chi connectivity index (χ0n) is 14.1. The molecule has 2 atom stereocenters. The summed E-state index contributed by atoms with van der Waals surface area (Å²) in [5.41, 5.74) is 0. The maximum absolute atomic E-state index is 12.2. The SMILES string of the molecule is O=C(CN1CCC[C@H](c2noc(C3CC3)n2)C1)NC[C@H]1CCOC1. The normalized spacial score (nSPS) is 28.2. The summed E-state index contributed by atoms with van der Waals surface area (Å²) in [5.74, 6) is 2.99. The van der Waals surface area contributed by atoms with Gasteiger partial charge in [-0.25, -0.2) is 0 Å². The molecule has 7 heteroatoms. The standard InChI is InChI=1S/C17H26N4O3/c22-15(18-8-12-5-7-23-11-12)10-21-6-1-2-14(9-21)16-19-17(24-20-16)13-3-4-13/h12-14H,1-11H2,(H,18,22)/t12-,14+/m1/s1. The maximum atomic E-state index is 12.2. The van der Waals surface area contributed by atoms with E-state index in [9.17, 15) is 4.79 Å². The van der Waals surface area contributed by atoms with Gasteiger partial charge in [0, 0.05) is 37.5 Å². The molecule has 1 aromatic heterocycles. The second kappa shape index (κ2) is 7.19. The summed E-state index contributed by atoms with van der Waals surface area (Å²) in [6.07, 6.45) is 5.53. The van der Waals surface area contributed by atoms with Gasteiger partial charge < -0.3 is 14.6 Å². The highest BCUT2D eigenvalue weighted by atomic mass is 16.5. The van der Waals surface area contributed by atoms with Crippen LogP contribution in [-0.2, 0) is 9.53 Å². The monoisotopic (exact) mass is 334 g/mol. The van der Waals surface area contributed by atoms with Crippen molar-refractivity contribution in [2.45, 2.75) is 43.9 Å². The summed E-state index contributed by atoms with van der Waals surface area (Å²) in [4.78, 5) is 19.0. The van der Waals surface area contributed by atoms with Gasteiger partial charge in [-0.3, -0.25) is 9.69 Å². The predicted molar refractivity (Wildman–Crippen MR) is 86.6 cm³/mol. The Morgan fingerprint density at radius 2 is 2.17 bits per heavy atom. The lowest BCUT2D eigenvalue weighted by Gasteiger charge is -2.30. The van der Waals surface area contributed by atoms with Crippen molar-refractivity contribution in [2.24, 2.45) is 5.92 Å². The number of amides is 1. The molecule has 0 unspecified atom stereocenters. The van der Waals surface area contributed by atoms with Gasteiger partial charge in [0.25, 0.3) is 0 Å². The van der Waals surface area contributed by atoms with E-state index in [4.69, 9.17) is 9.26 Å². The Morgan fingerprint density at radius 3 is 2.96 bits per heavy atom. The molecule has 7 nitrogen and oxygen atoms in total. The molecule has 1 aliphatic carbocycles. The first kappa shape index (κ1) is 16.0. The smallest absolute Gasteiger partial charge is 0.234 e. The fourth-order valence-corrected chi connectivity index (χ4v) is 3.58. The van der Waals surface area contributed by atoms with Crippen molar-refractivity contribution in [1.82, 2.24) is 20.4 Å². The van der Waals surface area contributed by atoms with Gasteiger partial charge in [0.05, 0.1) is 13.2 Å². The molecule has 1 amide bonds. The van der Waals surface area contributed by atoms with Crippen molar-refractivity contribution in [2.75, 3.05) is 39.4 Å². The maximum Gasteiger partial charge on any atom is 0.234 e. The highest BCUT2D eigenvalue weighted by molar-refractivity contribution is 5.78. The van der Waals surface area contributed by atoms with Crippen LogP contribution in [0.5, 0.6) is 0 Å². The number of nitrogens with zero attached hydrogens (tertiary/aromatic N) is 3. The summed E-state index contributed by atoms with van der Waals surface area (Å²) >= 11 is 0. The van der Waals surface area contributed by atoms with Crippen molar-refractivity contribution < 1.29 is 14.1 Å². The molecule has 4 rings (SSSR count). The van der Waals surface area contributed by atoms with E-state index in [1.54, 1.807) is 0 Å². The molecule has 0 bridgehead atoms. The first-order chi connectivity index (χ1) is 11.8. The molecule has 0 radical (unpaired) electrons. The van der Waals surface area contributed by atoms with Gasteiger partial charge >= 0.3 is 0 Å². The molecule has 132 valence electrons. The molecule has 1 saturated carbocycles. The summed E-state index contributed by atoms with van der Waals surface area (Å²) in [6.45, 7) is 4.58. The van der Waals surface area contributed by atoms with Crippen LogP contribution in [-0.4, -0.2) is 60.3 Å². The number of aromatic nitrogens is 2. The molecular formula is C17H26N4O3. The lowest BCUT2D eigenvalue weighted by Crippen LogP contribution is -2.43. The Hall–Kier alpha value is -1.47. The van der Waals surface area contributed by atoms with Crippen LogP contribution in [0.15, 0.2) is 4.52 Å². The molecule has 0 spiro atoms. The second-order valence-corrected chi connectivity index (χ2v) is 7.37. The van der Waals surface area contributed by atoms with E-state index in [-0.39, 0.29) is 11.8 Å². The summed E-state index contributed by atoms with van der Waals surface area (Å²) in [7, 11) is 0. The fraction of sp³-hybridized carbons (Fsp3) is 0.824. The number of hydrogen-bond acceptors (Lipinski definition) is 6. The fourth-order valence-electron chi connectivity index (χ4n) is 3.58. The van der Waals surface area contributed by atoms with Crippen LogP contribution >= 0.6 is 0 Å². The summed E-state index contributed by atoms with van der Waals surface area (Å²) in [5, 5.41) is 7.22. The second-order valence-electron chi connectivity index (χ2n) is 7.37. The molecule has 0 aromatic carbocycles. The third-order valence-electron chi connectivity index (χ3n) is 5.23. The number of carbonyl (C=O) groups excluding carboxylic acids is 1. The minimum absolute atomic E-state index is 0.106. The summed E-state index contributed by atoms with van der Waals surface area (Å²) in [6, 6.07) is 0. The minimum Gasteiger partial charge on any atom is -0.381 e. The molecular weight excluding hydrogens is 308 g/mol. The average molecular weight is 334 g/mol. The van der Waals surface area contributed by atoms with Gasteiger partial charge in [-0.05, 0) is 38.6 Å². The van der Waals surface area contributed by atoms with Crippen molar-refractivity contribution in [3.8, 4) is 0 Å². The van der Waals surface area contributed by atoms with E-state index in [0.717, 1.165) is 63.8 Å². The molecule has 3 fully saturated rings. The minimum atomic E-state index is 0.106. The summed E-state index contributed by atoms with van der Waals surface area (Å²) < 4.78 is 10.7. The van der Waals surface area contributed by atoms with Gasteiger partial charge in [-0.1, -0.05) is 5.16 Å². The lowest BCUT2D eigenvalue weighted by atomic mass is 9.97.